The maximum atomic E-state index is 9.23. The van der Waals surface area contributed by atoms with E-state index in [-0.39, 0.29) is 28.5 Å². The normalized spacial score (nSPS) is 13.3. The number of fused-ring (bicyclic) bond motifs is 2. The van der Waals surface area contributed by atoms with Crippen molar-refractivity contribution in [3.05, 3.63) is 188 Å². The van der Waals surface area contributed by atoms with E-state index in [9.17, 15) is 1.37 Å². The van der Waals surface area contributed by atoms with E-state index < -0.39 is 30.2 Å². The molecule has 0 aliphatic heterocycles. The van der Waals surface area contributed by atoms with E-state index in [4.69, 9.17) is 8.22 Å². The lowest BCUT2D eigenvalue weighted by Crippen LogP contribution is -2.10. The molecule has 0 amide bonds. The minimum absolute atomic E-state index is 0.0214. The Labute approximate surface area is 274 Å². The van der Waals surface area contributed by atoms with Crippen molar-refractivity contribution in [1.29, 1.82) is 0 Å². The van der Waals surface area contributed by atoms with Crippen LogP contribution in [0.4, 0.5) is 17.1 Å². The standard InChI is InChI=1S/C44H31N/c1-2-11-32(12-3-1)33-23-25-34(26-24-33)35-27-29-39(30-28-35)45(44-22-10-16-37-14-5-7-20-43(37)44)40-18-8-17-38(31-40)42-21-9-15-36-13-4-6-19-41(36)42/h1-31H/i5D,7D,10D,14D,16D,20D,22D. The van der Waals surface area contributed by atoms with Crippen LogP contribution in [0, 0.1) is 0 Å². The van der Waals surface area contributed by atoms with Crippen molar-refractivity contribution in [1.82, 2.24) is 0 Å². The van der Waals surface area contributed by atoms with Crippen molar-refractivity contribution >= 4 is 38.6 Å². The van der Waals surface area contributed by atoms with Gasteiger partial charge in [0.1, 0.15) is 0 Å². The molecule has 1 nitrogen and oxygen atoms in total. The first kappa shape index (κ1) is 20.1. The molecule has 8 rings (SSSR count). The summed E-state index contributed by atoms with van der Waals surface area (Å²) >= 11 is 0. The molecule has 0 heterocycles. The fourth-order valence-corrected chi connectivity index (χ4v) is 5.95. The van der Waals surface area contributed by atoms with Gasteiger partial charge in [-0.1, -0.05) is 158 Å². The molecule has 0 N–H and O–H groups in total. The quantitative estimate of drug-likeness (QED) is 0.189. The molecule has 212 valence electrons. The van der Waals surface area contributed by atoms with Gasteiger partial charge in [-0.15, -0.1) is 0 Å². The SMILES string of the molecule is [2H]c1c([2H])c([2H])c2c(N(c3ccc(-c4ccc(-c5ccccc5)cc4)cc3)c3cccc(-c4cccc5ccccc45)c3)c([2H])c([2H])c([2H])c2c1[2H]. The Morgan fingerprint density at radius 1 is 0.378 bits per heavy atom. The molecule has 0 atom stereocenters. The molecule has 45 heavy (non-hydrogen) atoms. The van der Waals surface area contributed by atoms with Crippen molar-refractivity contribution in [3.63, 3.8) is 0 Å². The molecule has 0 saturated heterocycles. The third-order valence-electron chi connectivity index (χ3n) is 8.17. The van der Waals surface area contributed by atoms with E-state index in [1.54, 1.807) is 4.90 Å². The van der Waals surface area contributed by atoms with Crippen molar-refractivity contribution < 1.29 is 9.60 Å². The average Bonchev–Trinajstić information content (AvgIpc) is 3.19. The smallest absolute Gasteiger partial charge is 0.0645 e. The summed E-state index contributed by atoms with van der Waals surface area (Å²) in [5.74, 6) is 0. The van der Waals surface area contributed by atoms with Gasteiger partial charge in [0.15, 0.2) is 0 Å². The average molecular weight is 581 g/mol. The third kappa shape index (κ3) is 5.15. The van der Waals surface area contributed by atoms with E-state index in [1.165, 1.54) is 0 Å². The fourth-order valence-electron chi connectivity index (χ4n) is 5.95. The van der Waals surface area contributed by atoms with E-state index in [1.807, 2.05) is 84.9 Å². The molecule has 0 aromatic heterocycles. The Hall–Kier alpha value is -5.92. The first-order valence-electron chi connectivity index (χ1n) is 18.4. The van der Waals surface area contributed by atoms with Crippen LogP contribution in [0.3, 0.4) is 0 Å². The van der Waals surface area contributed by atoms with Gasteiger partial charge < -0.3 is 4.90 Å². The first-order chi connectivity index (χ1) is 25.2. The number of nitrogens with zero attached hydrogens (tertiary/aromatic N) is 1. The highest BCUT2D eigenvalue weighted by Crippen LogP contribution is 2.41. The Bertz CT molecular complexity index is 2620. The van der Waals surface area contributed by atoms with Gasteiger partial charge >= 0.3 is 0 Å². The van der Waals surface area contributed by atoms with Crippen LogP contribution in [0.15, 0.2) is 188 Å². The van der Waals surface area contributed by atoms with Gasteiger partial charge in [0.25, 0.3) is 0 Å². The van der Waals surface area contributed by atoms with Gasteiger partial charge in [-0.25, -0.2) is 0 Å². The first-order valence-corrected chi connectivity index (χ1v) is 14.9. The summed E-state index contributed by atoms with van der Waals surface area (Å²) in [7, 11) is 0. The highest BCUT2D eigenvalue weighted by atomic mass is 15.1. The van der Waals surface area contributed by atoms with Crippen LogP contribution in [0.5, 0.6) is 0 Å². The molecule has 8 aromatic carbocycles. The largest absolute Gasteiger partial charge is 0.310 e. The van der Waals surface area contributed by atoms with Crippen LogP contribution in [-0.4, -0.2) is 0 Å². The van der Waals surface area contributed by atoms with Gasteiger partial charge in [-0.3, -0.25) is 0 Å². The Balaban J connectivity index is 1.34. The molecule has 0 fully saturated rings. The lowest BCUT2D eigenvalue weighted by atomic mass is 9.97. The lowest BCUT2D eigenvalue weighted by molar-refractivity contribution is 1.30. The summed E-state index contributed by atoms with van der Waals surface area (Å²) < 4.78 is 61.4. The highest BCUT2D eigenvalue weighted by molar-refractivity contribution is 6.01. The number of anilines is 3. The van der Waals surface area contributed by atoms with Gasteiger partial charge in [0.2, 0.25) is 0 Å². The van der Waals surface area contributed by atoms with Gasteiger partial charge in [0.05, 0.1) is 15.3 Å². The van der Waals surface area contributed by atoms with Crippen LogP contribution >= 0.6 is 0 Å². The second-order valence-electron chi connectivity index (χ2n) is 10.9. The second kappa shape index (κ2) is 11.6. The van der Waals surface area contributed by atoms with Crippen molar-refractivity contribution in [3.8, 4) is 33.4 Å². The zero-order valence-electron chi connectivity index (χ0n) is 31.3. The van der Waals surface area contributed by atoms with Gasteiger partial charge in [0, 0.05) is 16.8 Å². The molecule has 0 unspecified atom stereocenters. The molecule has 0 spiro atoms. The monoisotopic (exact) mass is 580 g/mol. The van der Waals surface area contributed by atoms with Crippen molar-refractivity contribution in [2.24, 2.45) is 0 Å². The molecule has 1 heteroatoms. The van der Waals surface area contributed by atoms with Gasteiger partial charge in [-0.2, -0.15) is 0 Å². The number of hydrogen-bond acceptors (Lipinski definition) is 1. The number of hydrogen-bond donors (Lipinski definition) is 0. The minimum atomic E-state index is -0.485. The molecule has 0 aliphatic rings. The summed E-state index contributed by atoms with van der Waals surface area (Å²) in [6.45, 7) is 0. The zero-order valence-corrected chi connectivity index (χ0v) is 24.3. The molecule has 0 bridgehead atoms. The van der Waals surface area contributed by atoms with Crippen LogP contribution in [0.25, 0.3) is 54.9 Å². The van der Waals surface area contributed by atoms with Crippen molar-refractivity contribution in [2.75, 3.05) is 4.90 Å². The zero-order chi connectivity index (χ0) is 36.1. The molecular weight excluding hydrogens is 542 g/mol. The minimum Gasteiger partial charge on any atom is -0.310 e. The summed E-state index contributed by atoms with van der Waals surface area (Å²) in [5, 5.41) is 2.10. The lowest BCUT2D eigenvalue weighted by Gasteiger charge is -2.27. The van der Waals surface area contributed by atoms with Crippen molar-refractivity contribution in [2.45, 2.75) is 0 Å². The second-order valence-corrected chi connectivity index (χ2v) is 10.9. The Morgan fingerprint density at radius 3 is 1.78 bits per heavy atom. The molecule has 0 saturated carbocycles. The van der Waals surface area contributed by atoms with Gasteiger partial charge in [-0.05, 0) is 79.8 Å². The maximum Gasteiger partial charge on any atom is 0.0645 e. The number of benzene rings is 8. The van der Waals surface area contributed by atoms with E-state index in [0.29, 0.717) is 11.4 Å². The molecule has 0 aliphatic carbocycles. The van der Waals surface area contributed by atoms with Crippen LogP contribution in [-0.2, 0) is 0 Å². The summed E-state index contributed by atoms with van der Waals surface area (Å²) in [5.41, 5.74) is 7.51. The van der Waals surface area contributed by atoms with Crippen LogP contribution in [0.2, 0.25) is 0 Å². The molecule has 0 radical (unpaired) electrons. The molecular formula is C44H31N. The predicted molar refractivity (Wildman–Crippen MR) is 192 cm³/mol. The fraction of sp³-hybridized carbons (Fsp3) is 0. The Kier molecular flexibility index (Phi) is 5.20. The van der Waals surface area contributed by atoms with E-state index >= 15 is 0 Å². The maximum absolute atomic E-state index is 9.23. The Morgan fingerprint density at radius 2 is 0.978 bits per heavy atom. The number of rotatable bonds is 6. The summed E-state index contributed by atoms with van der Waals surface area (Å²) in [4.78, 5) is 1.78. The summed E-state index contributed by atoms with van der Waals surface area (Å²) in [6, 6.07) is 45.6. The van der Waals surface area contributed by atoms with Crippen LogP contribution < -0.4 is 4.90 Å². The predicted octanol–water partition coefficient (Wildman–Crippen LogP) is 12.5. The topological polar surface area (TPSA) is 3.24 Å². The summed E-state index contributed by atoms with van der Waals surface area (Å²) in [6.07, 6.45) is 0. The van der Waals surface area contributed by atoms with E-state index in [0.717, 1.165) is 44.2 Å². The van der Waals surface area contributed by atoms with Crippen LogP contribution in [0.1, 0.15) is 9.60 Å². The highest BCUT2D eigenvalue weighted by Gasteiger charge is 2.17. The van der Waals surface area contributed by atoms with E-state index in [2.05, 4.69) is 60.7 Å². The molecule has 8 aromatic rings. The third-order valence-corrected chi connectivity index (χ3v) is 8.17.